The third-order valence-electron chi connectivity index (χ3n) is 4.92. The Morgan fingerprint density at radius 1 is 1.25 bits per heavy atom. The predicted molar refractivity (Wildman–Crippen MR) is 101 cm³/mol. The first-order valence-corrected chi connectivity index (χ1v) is 8.52. The molecule has 0 aromatic heterocycles. The molecule has 0 bridgehead atoms. The molecule has 0 spiro atoms. The van der Waals surface area contributed by atoms with Crippen LogP contribution in [0.25, 0.3) is 0 Å². The minimum atomic E-state index is -0.427. The first-order valence-electron chi connectivity index (χ1n) is 8.15. The van der Waals surface area contributed by atoms with Crippen molar-refractivity contribution in [2.75, 3.05) is 11.9 Å². The molecule has 126 valence electrons. The summed E-state index contributed by atoms with van der Waals surface area (Å²) in [5, 5.41) is 0.0903. The summed E-state index contributed by atoms with van der Waals surface area (Å²) in [6.45, 7) is 6.83. The highest BCUT2D eigenvalue weighted by molar-refractivity contribution is 6.31. The van der Waals surface area contributed by atoms with Gasteiger partial charge in [0, 0.05) is 24.5 Å². The van der Waals surface area contributed by atoms with Crippen LogP contribution in [0.5, 0.6) is 0 Å². The Labute approximate surface area is 148 Å². The zero-order valence-electron chi connectivity index (χ0n) is 14.5. The topological polar surface area (TPSA) is 15.6 Å². The average molecular weight is 345 g/mol. The van der Waals surface area contributed by atoms with Crippen molar-refractivity contribution in [2.45, 2.75) is 38.6 Å². The Hall–Kier alpha value is -1.87. The van der Waals surface area contributed by atoms with Gasteiger partial charge in [0.1, 0.15) is 5.82 Å². The van der Waals surface area contributed by atoms with Crippen LogP contribution in [0.3, 0.4) is 0 Å². The molecule has 0 radical (unpaired) electrons. The lowest BCUT2D eigenvalue weighted by atomic mass is 9.80. The van der Waals surface area contributed by atoms with E-state index < -0.39 is 5.82 Å². The van der Waals surface area contributed by atoms with Gasteiger partial charge in [0.2, 0.25) is 0 Å². The van der Waals surface area contributed by atoms with E-state index in [1.54, 1.807) is 12.3 Å². The Morgan fingerprint density at radius 2 is 2.00 bits per heavy atom. The normalized spacial score (nSPS) is 19.6. The largest absolute Gasteiger partial charge is 0.369 e. The highest BCUT2D eigenvalue weighted by atomic mass is 35.5. The lowest BCUT2D eigenvalue weighted by molar-refractivity contribution is 0.395. The number of nitrogens with zero attached hydrogens (tertiary/aromatic N) is 2. The molecular weight excluding hydrogens is 323 g/mol. The zero-order chi connectivity index (χ0) is 17.5. The Kier molecular flexibility index (Phi) is 4.39. The summed E-state index contributed by atoms with van der Waals surface area (Å²) in [7, 11) is 2.15. The molecule has 0 fully saturated rings. The van der Waals surface area contributed by atoms with E-state index in [0.29, 0.717) is 11.6 Å². The maximum Gasteiger partial charge on any atom is 0.141 e. The quantitative estimate of drug-likeness (QED) is 0.614. The molecular formula is C20H22ClFN2. The second kappa shape index (κ2) is 6.21. The summed E-state index contributed by atoms with van der Waals surface area (Å²) in [5.74, 6) is 0.0729. The maximum absolute atomic E-state index is 13.2. The molecule has 3 rings (SSSR count). The summed E-state index contributed by atoms with van der Waals surface area (Å²) in [5.41, 5.74) is 4.46. The smallest absolute Gasteiger partial charge is 0.141 e. The van der Waals surface area contributed by atoms with Gasteiger partial charge < -0.3 is 4.90 Å². The standard InChI is InChI=1S/C20H22ClFN2/c1-13-11-20(2,3)24(4)19-8-5-14(9-16(13)19)12-23-15-6-7-18(22)17(21)10-15/h5-10,12-13H,11H2,1-4H3. The van der Waals surface area contributed by atoms with Crippen molar-refractivity contribution in [3.63, 3.8) is 0 Å². The summed E-state index contributed by atoms with van der Waals surface area (Å²) >= 11 is 5.80. The van der Waals surface area contributed by atoms with Crippen LogP contribution >= 0.6 is 11.6 Å². The van der Waals surface area contributed by atoms with Gasteiger partial charge >= 0.3 is 0 Å². The summed E-state index contributed by atoms with van der Waals surface area (Å²) in [6.07, 6.45) is 2.92. The summed E-state index contributed by atoms with van der Waals surface area (Å²) in [4.78, 5) is 6.76. The lowest BCUT2D eigenvalue weighted by Crippen LogP contribution is -2.45. The molecule has 0 amide bonds. The van der Waals surface area contributed by atoms with Crippen LogP contribution in [0.15, 0.2) is 41.4 Å². The molecule has 0 saturated heterocycles. The molecule has 1 heterocycles. The van der Waals surface area contributed by atoms with E-state index in [-0.39, 0.29) is 10.6 Å². The van der Waals surface area contributed by atoms with Gasteiger partial charge in [0.05, 0.1) is 10.7 Å². The maximum atomic E-state index is 13.2. The van der Waals surface area contributed by atoms with Crippen LogP contribution in [0, 0.1) is 5.82 Å². The van der Waals surface area contributed by atoms with Crippen molar-refractivity contribution in [3.8, 4) is 0 Å². The van der Waals surface area contributed by atoms with E-state index >= 15 is 0 Å². The molecule has 1 atom stereocenters. The molecule has 24 heavy (non-hydrogen) atoms. The highest BCUT2D eigenvalue weighted by Crippen LogP contribution is 2.42. The average Bonchev–Trinajstić information content (AvgIpc) is 2.53. The first kappa shape index (κ1) is 17.0. The zero-order valence-corrected chi connectivity index (χ0v) is 15.2. The number of anilines is 1. The molecule has 2 aromatic carbocycles. The second-order valence-corrected chi connectivity index (χ2v) is 7.56. The summed E-state index contributed by atoms with van der Waals surface area (Å²) in [6, 6.07) is 10.9. The van der Waals surface area contributed by atoms with Crippen LogP contribution in [0.2, 0.25) is 5.02 Å². The van der Waals surface area contributed by atoms with E-state index in [4.69, 9.17) is 11.6 Å². The lowest BCUT2D eigenvalue weighted by Gasteiger charge is -2.45. The van der Waals surface area contributed by atoms with Gasteiger partial charge in [-0.2, -0.15) is 0 Å². The Morgan fingerprint density at radius 3 is 2.71 bits per heavy atom. The monoisotopic (exact) mass is 344 g/mol. The minimum Gasteiger partial charge on any atom is -0.369 e. The third-order valence-corrected chi connectivity index (χ3v) is 5.21. The van der Waals surface area contributed by atoms with Crippen molar-refractivity contribution >= 4 is 29.2 Å². The van der Waals surface area contributed by atoms with E-state index in [0.717, 1.165) is 12.0 Å². The Bertz CT molecular complexity index is 798. The van der Waals surface area contributed by atoms with Gasteiger partial charge in [-0.1, -0.05) is 24.6 Å². The molecule has 0 N–H and O–H groups in total. The number of halogens is 2. The van der Waals surface area contributed by atoms with Crippen LogP contribution in [-0.4, -0.2) is 18.8 Å². The number of hydrogen-bond donors (Lipinski definition) is 0. The Balaban J connectivity index is 1.90. The van der Waals surface area contributed by atoms with Crippen molar-refractivity contribution < 1.29 is 4.39 Å². The minimum absolute atomic E-state index is 0.0903. The van der Waals surface area contributed by atoms with Crippen molar-refractivity contribution in [1.29, 1.82) is 0 Å². The number of hydrogen-bond acceptors (Lipinski definition) is 2. The van der Waals surface area contributed by atoms with Gasteiger partial charge in [0.25, 0.3) is 0 Å². The SMILES string of the molecule is CC1CC(C)(C)N(C)c2ccc(C=Nc3ccc(F)c(Cl)c3)cc21. The molecule has 1 unspecified atom stereocenters. The van der Waals surface area contributed by atoms with Crippen LogP contribution in [-0.2, 0) is 0 Å². The first-order chi connectivity index (χ1) is 11.3. The number of aliphatic imine (C=N–C) groups is 1. The van der Waals surface area contributed by atoms with Gasteiger partial charge in [-0.15, -0.1) is 0 Å². The molecule has 0 saturated carbocycles. The fourth-order valence-electron chi connectivity index (χ4n) is 3.39. The van der Waals surface area contributed by atoms with Crippen LogP contribution in [0.4, 0.5) is 15.8 Å². The molecule has 1 aliphatic heterocycles. The van der Waals surface area contributed by atoms with E-state index in [1.807, 2.05) is 0 Å². The molecule has 2 nitrogen and oxygen atoms in total. The van der Waals surface area contributed by atoms with Crippen LogP contribution in [0.1, 0.15) is 44.2 Å². The summed E-state index contributed by atoms with van der Waals surface area (Å²) < 4.78 is 13.2. The fourth-order valence-corrected chi connectivity index (χ4v) is 3.56. The van der Waals surface area contributed by atoms with Gasteiger partial charge in [-0.05, 0) is 67.6 Å². The molecule has 1 aliphatic rings. The molecule has 2 aromatic rings. The van der Waals surface area contributed by atoms with Crippen molar-refractivity contribution in [1.82, 2.24) is 0 Å². The second-order valence-electron chi connectivity index (χ2n) is 7.15. The van der Waals surface area contributed by atoms with Gasteiger partial charge in [0.15, 0.2) is 0 Å². The number of fused-ring (bicyclic) bond motifs is 1. The van der Waals surface area contributed by atoms with Gasteiger partial charge in [-0.3, -0.25) is 4.99 Å². The fraction of sp³-hybridized carbons (Fsp3) is 0.350. The molecule has 4 heteroatoms. The van der Waals surface area contributed by atoms with E-state index in [1.165, 1.54) is 23.4 Å². The highest BCUT2D eigenvalue weighted by Gasteiger charge is 2.33. The number of rotatable bonds is 2. The van der Waals surface area contributed by atoms with Crippen LogP contribution < -0.4 is 4.90 Å². The molecule has 0 aliphatic carbocycles. The van der Waals surface area contributed by atoms with E-state index in [2.05, 4.69) is 55.9 Å². The van der Waals surface area contributed by atoms with E-state index in [9.17, 15) is 4.39 Å². The number of benzene rings is 2. The predicted octanol–water partition coefficient (Wildman–Crippen LogP) is 5.95. The van der Waals surface area contributed by atoms with Crippen molar-refractivity contribution in [3.05, 3.63) is 58.4 Å². The van der Waals surface area contributed by atoms with Gasteiger partial charge in [-0.25, -0.2) is 4.39 Å². The van der Waals surface area contributed by atoms with Crippen molar-refractivity contribution in [2.24, 2.45) is 4.99 Å². The third kappa shape index (κ3) is 3.18.